The molecule has 3 heterocycles. The van der Waals surface area contributed by atoms with Gasteiger partial charge >= 0.3 is 0 Å². The molecule has 1 saturated heterocycles. The van der Waals surface area contributed by atoms with Crippen LogP contribution in [-0.2, 0) is 6.54 Å². The first kappa shape index (κ1) is 19.3. The summed E-state index contributed by atoms with van der Waals surface area (Å²) in [6.45, 7) is 7.05. The van der Waals surface area contributed by atoms with Crippen LogP contribution in [0.4, 0.5) is 0 Å². The number of nitrogens with one attached hydrogen (secondary N) is 1. The number of nitrogens with zero attached hydrogens (tertiary/aromatic N) is 3. The van der Waals surface area contributed by atoms with E-state index in [1.807, 2.05) is 18.2 Å². The van der Waals surface area contributed by atoms with Gasteiger partial charge in [0, 0.05) is 43.0 Å². The second-order valence-corrected chi connectivity index (χ2v) is 7.65. The van der Waals surface area contributed by atoms with Crippen molar-refractivity contribution in [1.29, 1.82) is 0 Å². The first-order chi connectivity index (χ1) is 14.0. The van der Waals surface area contributed by atoms with Gasteiger partial charge in [0.2, 0.25) is 0 Å². The lowest BCUT2D eigenvalue weighted by atomic mass is 10.0. The standard InChI is InChI=1S/C23H26N4O2/c1-15-16(2)21(29-3)5-4-18(15)13-27-11-8-19(14-27)20-12-22(28)26-23(25-20)17-6-9-24-10-7-17/h4-7,9-10,12,19H,8,11,13-14H2,1-3H3,(H,25,26,28)/t19-/m1/s1. The maximum Gasteiger partial charge on any atom is 0.251 e. The molecular weight excluding hydrogens is 364 g/mol. The number of hydrogen-bond donors (Lipinski definition) is 1. The van der Waals surface area contributed by atoms with Gasteiger partial charge in [0.1, 0.15) is 11.6 Å². The number of pyridine rings is 1. The largest absolute Gasteiger partial charge is 0.496 e. The third-order valence-electron chi connectivity index (χ3n) is 5.87. The van der Waals surface area contributed by atoms with Gasteiger partial charge in [-0.3, -0.25) is 14.7 Å². The van der Waals surface area contributed by atoms with Crippen molar-refractivity contribution in [2.75, 3.05) is 20.2 Å². The number of H-pyrrole nitrogens is 1. The third kappa shape index (κ3) is 4.07. The minimum absolute atomic E-state index is 0.109. The molecule has 0 spiro atoms. The van der Waals surface area contributed by atoms with Crippen LogP contribution in [-0.4, -0.2) is 40.1 Å². The van der Waals surface area contributed by atoms with E-state index in [2.05, 4.69) is 34.8 Å². The fourth-order valence-corrected chi connectivity index (χ4v) is 4.03. The van der Waals surface area contributed by atoms with Crippen molar-refractivity contribution in [2.45, 2.75) is 32.7 Å². The number of benzene rings is 1. The van der Waals surface area contributed by atoms with E-state index < -0.39 is 0 Å². The normalized spacial score (nSPS) is 16.9. The van der Waals surface area contributed by atoms with E-state index >= 15 is 0 Å². The van der Waals surface area contributed by atoms with Gasteiger partial charge in [-0.05, 0) is 61.7 Å². The molecule has 0 amide bonds. The van der Waals surface area contributed by atoms with Gasteiger partial charge in [0.25, 0.3) is 5.56 Å². The maximum absolute atomic E-state index is 12.2. The molecule has 6 nitrogen and oxygen atoms in total. The van der Waals surface area contributed by atoms with Crippen LogP contribution in [0.2, 0.25) is 0 Å². The van der Waals surface area contributed by atoms with Crippen LogP contribution in [0.25, 0.3) is 11.4 Å². The summed E-state index contributed by atoms with van der Waals surface area (Å²) >= 11 is 0. The number of aromatic amines is 1. The van der Waals surface area contributed by atoms with Crippen molar-refractivity contribution in [3.8, 4) is 17.1 Å². The minimum Gasteiger partial charge on any atom is -0.496 e. The van der Waals surface area contributed by atoms with Gasteiger partial charge < -0.3 is 9.72 Å². The van der Waals surface area contributed by atoms with Gasteiger partial charge in [-0.1, -0.05) is 6.07 Å². The van der Waals surface area contributed by atoms with Crippen LogP contribution < -0.4 is 10.3 Å². The summed E-state index contributed by atoms with van der Waals surface area (Å²) in [5, 5.41) is 0. The molecule has 1 aliphatic rings. The van der Waals surface area contributed by atoms with Gasteiger partial charge in [0.05, 0.1) is 12.8 Å². The highest BCUT2D eigenvalue weighted by atomic mass is 16.5. The van der Waals surface area contributed by atoms with Crippen molar-refractivity contribution in [2.24, 2.45) is 0 Å². The Bertz CT molecular complexity index is 1060. The number of ether oxygens (including phenoxy) is 1. The Labute approximate surface area is 170 Å². The Morgan fingerprint density at radius 1 is 1.17 bits per heavy atom. The van der Waals surface area contributed by atoms with Crippen LogP contribution in [0.3, 0.4) is 0 Å². The summed E-state index contributed by atoms with van der Waals surface area (Å²) in [4.78, 5) is 26.3. The number of aromatic nitrogens is 3. The van der Waals surface area contributed by atoms with Crippen molar-refractivity contribution >= 4 is 0 Å². The van der Waals surface area contributed by atoms with Crippen molar-refractivity contribution in [3.05, 3.63) is 75.5 Å². The summed E-state index contributed by atoms with van der Waals surface area (Å²) in [7, 11) is 1.71. The number of methoxy groups -OCH3 is 1. The highest BCUT2D eigenvalue weighted by Crippen LogP contribution is 2.30. The monoisotopic (exact) mass is 390 g/mol. The van der Waals surface area contributed by atoms with Crippen LogP contribution in [0.15, 0.2) is 47.5 Å². The number of hydrogen-bond acceptors (Lipinski definition) is 5. The molecule has 1 fully saturated rings. The van der Waals surface area contributed by atoms with Crippen LogP contribution >= 0.6 is 0 Å². The second-order valence-electron chi connectivity index (χ2n) is 7.65. The Hall–Kier alpha value is -2.99. The van der Waals surface area contributed by atoms with Crippen molar-refractivity contribution < 1.29 is 4.74 Å². The van der Waals surface area contributed by atoms with E-state index in [0.29, 0.717) is 5.82 Å². The van der Waals surface area contributed by atoms with Gasteiger partial charge in [-0.25, -0.2) is 4.98 Å². The molecule has 1 aromatic carbocycles. The van der Waals surface area contributed by atoms with Crippen molar-refractivity contribution in [1.82, 2.24) is 19.9 Å². The molecule has 0 saturated carbocycles. The average molecular weight is 390 g/mol. The second kappa shape index (κ2) is 8.17. The minimum atomic E-state index is -0.109. The van der Waals surface area contributed by atoms with E-state index in [0.717, 1.165) is 43.1 Å². The highest BCUT2D eigenvalue weighted by molar-refractivity contribution is 5.53. The molecule has 0 radical (unpaired) electrons. The molecule has 2 aromatic heterocycles. The molecule has 0 aliphatic carbocycles. The summed E-state index contributed by atoms with van der Waals surface area (Å²) in [5.74, 6) is 1.80. The summed E-state index contributed by atoms with van der Waals surface area (Å²) in [5.41, 5.74) is 5.42. The molecule has 3 aromatic rings. The van der Waals surface area contributed by atoms with Crippen LogP contribution in [0.1, 0.15) is 34.7 Å². The fraction of sp³-hybridized carbons (Fsp3) is 0.348. The maximum atomic E-state index is 12.2. The highest BCUT2D eigenvalue weighted by Gasteiger charge is 2.26. The summed E-state index contributed by atoms with van der Waals surface area (Å²) < 4.78 is 5.43. The molecule has 150 valence electrons. The zero-order valence-corrected chi connectivity index (χ0v) is 17.1. The molecule has 1 atom stereocenters. The van der Waals surface area contributed by atoms with E-state index in [1.54, 1.807) is 25.6 Å². The van der Waals surface area contributed by atoms with Crippen LogP contribution in [0, 0.1) is 13.8 Å². The van der Waals surface area contributed by atoms with E-state index in [1.165, 1.54) is 16.7 Å². The smallest absolute Gasteiger partial charge is 0.251 e. The lowest BCUT2D eigenvalue weighted by Crippen LogP contribution is -2.21. The first-order valence-electron chi connectivity index (χ1n) is 9.92. The molecule has 1 N–H and O–H groups in total. The average Bonchev–Trinajstić information content (AvgIpc) is 3.20. The lowest BCUT2D eigenvalue weighted by molar-refractivity contribution is 0.325. The fourth-order valence-electron chi connectivity index (χ4n) is 4.03. The molecule has 0 bridgehead atoms. The predicted octanol–water partition coefficient (Wildman–Crippen LogP) is 3.45. The molecule has 1 aliphatic heterocycles. The molecule has 29 heavy (non-hydrogen) atoms. The molecule has 0 unspecified atom stereocenters. The van der Waals surface area contributed by atoms with Gasteiger partial charge in [0.15, 0.2) is 0 Å². The Balaban J connectivity index is 1.51. The zero-order chi connectivity index (χ0) is 20.4. The number of rotatable bonds is 5. The van der Waals surface area contributed by atoms with Crippen molar-refractivity contribution in [3.63, 3.8) is 0 Å². The van der Waals surface area contributed by atoms with Crippen LogP contribution in [0.5, 0.6) is 5.75 Å². The first-order valence-corrected chi connectivity index (χ1v) is 9.92. The van der Waals surface area contributed by atoms with E-state index in [9.17, 15) is 4.79 Å². The Morgan fingerprint density at radius 3 is 2.72 bits per heavy atom. The van der Waals surface area contributed by atoms with E-state index in [-0.39, 0.29) is 11.5 Å². The van der Waals surface area contributed by atoms with Gasteiger partial charge in [-0.15, -0.1) is 0 Å². The predicted molar refractivity (Wildman–Crippen MR) is 113 cm³/mol. The molecule has 4 rings (SSSR count). The van der Waals surface area contributed by atoms with Gasteiger partial charge in [-0.2, -0.15) is 0 Å². The third-order valence-corrected chi connectivity index (χ3v) is 5.87. The Kier molecular flexibility index (Phi) is 5.45. The lowest BCUT2D eigenvalue weighted by Gasteiger charge is -2.19. The molecule has 6 heteroatoms. The summed E-state index contributed by atoms with van der Waals surface area (Å²) in [6, 6.07) is 9.56. The van der Waals surface area contributed by atoms with E-state index in [4.69, 9.17) is 9.72 Å². The zero-order valence-electron chi connectivity index (χ0n) is 17.1. The topological polar surface area (TPSA) is 71.1 Å². The summed E-state index contributed by atoms with van der Waals surface area (Å²) in [6.07, 6.45) is 4.41. The molecular formula is C23H26N4O2. The Morgan fingerprint density at radius 2 is 1.97 bits per heavy atom. The quantitative estimate of drug-likeness (QED) is 0.723. The number of likely N-dealkylation sites (tertiary alicyclic amines) is 1. The SMILES string of the molecule is COc1ccc(CN2CC[C@@H](c3cc(=O)[nH]c(-c4ccncc4)n3)C2)c(C)c1C.